The molecule has 0 spiro atoms. The van der Waals surface area contributed by atoms with Gasteiger partial charge in [-0.15, -0.1) is 11.3 Å². The fourth-order valence-corrected chi connectivity index (χ4v) is 2.25. The first-order valence-electron chi connectivity index (χ1n) is 3.31. The zero-order valence-corrected chi connectivity index (χ0v) is 8.45. The number of nitrogens with zero attached hydrogens (tertiary/aromatic N) is 1. The van der Waals surface area contributed by atoms with Crippen molar-refractivity contribution in [3.63, 3.8) is 0 Å². The number of fused-ring (bicyclic) bond motifs is 1. The van der Waals surface area contributed by atoms with Crippen LogP contribution in [0.3, 0.4) is 0 Å². The number of hydrazine groups is 1. The average molecular weight is 244 g/mol. The van der Waals surface area contributed by atoms with Crippen molar-refractivity contribution in [2.45, 2.75) is 0 Å². The molecule has 12 heavy (non-hydrogen) atoms. The van der Waals surface area contributed by atoms with Gasteiger partial charge in [-0.3, -0.25) is 5.84 Å². The van der Waals surface area contributed by atoms with Crippen molar-refractivity contribution in [3.8, 4) is 0 Å². The van der Waals surface area contributed by atoms with E-state index < -0.39 is 0 Å². The lowest BCUT2D eigenvalue weighted by Crippen LogP contribution is -2.07. The lowest BCUT2D eigenvalue weighted by atomic mass is 10.3. The molecule has 3 N–H and O–H groups in total. The summed E-state index contributed by atoms with van der Waals surface area (Å²) in [4.78, 5) is 4.13. The van der Waals surface area contributed by atoms with E-state index in [2.05, 4.69) is 26.3 Å². The molecule has 0 aliphatic rings. The first-order chi connectivity index (χ1) is 5.83. The van der Waals surface area contributed by atoms with Crippen LogP contribution in [0.5, 0.6) is 0 Å². The molecule has 0 amide bonds. The molecular formula is C7H6BrN3S. The number of nitrogens with one attached hydrogen (secondary N) is 1. The molecule has 0 bridgehead atoms. The lowest BCUT2D eigenvalue weighted by Gasteiger charge is -2.02. The Hall–Kier alpha value is -0.650. The van der Waals surface area contributed by atoms with Gasteiger partial charge in [0.05, 0.1) is 10.4 Å². The smallest absolute Gasteiger partial charge is 0.131 e. The van der Waals surface area contributed by atoms with Crippen molar-refractivity contribution in [2.24, 2.45) is 5.84 Å². The fraction of sp³-hybridized carbons (Fsp3) is 0. The van der Waals surface area contributed by atoms with Crippen LogP contribution in [-0.2, 0) is 0 Å². The van der Waals surface area contributed by atoms with Crippen LogP contribution in [0, 0.1) is 0 Å². The van der Waals surface area contributed by atoms with Crippen LogP contribution in [0.25, 0.3) is 10.1 Å². The van der Waals surface area contributed by atoms with Crippen LogP contribution in [0.2, 0.25) is 0 Å². The predicted molar refractivity (Wildman–Crippen MR) is 55.1 cm³/mol. The first-order valence-corrected chi connectivity index (χ1v) is 4.98. The van der Waals surface area contributed by atoms with Gasteiger partial charge < -0.3 is 5.43 Å². The summed E-state index contributed by atoms with van der Waals surface area (Å²) in [6.45, 7) is 0. The minimum atomic E-state index is 0.746. The molecule has 5 heteroatoms. The number of halogens is 1. The Kier molecular flexibility index (Phi) is 2.00. The minimum Gasteiger partial charge on any atom is -0.321 e. The predicted octanol–water partition coefficient (Wildman–Crippen LogP) is 2.34. The zero-order valence-electron chi connectivity index (χ0n) is 6.04. The number of nitrogens with two attached hydrogens (primary N) is 1. The summed E-state index contributed by atoms with van der Waals surface area (Å²) in [6, 6.07) is 2.02. The molecule has 0 fully saturated rings. The number of thiophene rings is 1. The maximum Gasteiger partial charge on any atom is 0.131 e. The van der Waals surface area contributed by atoms with E-state index in [1.54, 1.807) is 11.3 Å². The molecular weight excluding hydrogens is 238 g/mol. The Balaban J connectivity index is 2.83. The van der Waals surface area contributed by atoms with E-state index in [0.29, 0.717) is 0 Å². The average Bonchev–Trinajstić information content (AvgIpc) is 2.52. The summed E-state index contributed by atoms with van der Waals surface area (Å²) in [6.07, 6.45) is 1.82. The highest BCUT2D eigenvalue weighted by atomic mass is 79.9. The second kappa shape index (κ2) is 3.01. The molecule has 0 saturated carbocycles. The van der Waals surface area contributed by atoms with Gasteiger partial charge in [-0.25, -0.2) is 4.98 Å². The highest BCUT2D eigenvalue weighted by Gasteiger charge is 2.05. The van der Waals surface area contributed by atoms with Crippen LogP contribution < -0.4 is 11.3 Å². The number of aromatic nitrogens is 1. The van der Waals surface area contributed by atoms with Gasteiger partial charge in [-0.05, 0) is 27.4 Å². The molecule has 0 atom stereocenters. The van der Waals surface area contributed by atoms with Crippen molar-refractivity contribution in [2.75, 3.05) is 5.43 Å². The minimum absolute atomic E-state index is 0.746. The SMILES string of the molecule is NNc1c(Br)ncc2sccc12. The highest BCUT2D eigenvalue weighted by molar-refractivity contribution is 9.10. The number of hydrogen-bond donors (Lipinski definition) is 2. The summed E-state index contributed by atoms with van der Waals surface area (Å²) in [5.74, 6) is 5.36. The third-order valence-corrected chi connectivity index (χ3v) is 3.06. The standard InChI is InChI=1S/C7H6BrN3S/c8-7-6(11-9)4-1-2-12-5(4)3-10-7/h1-3,11H,9H2. The number of hydrogen-bond acceptors (Lipinski definition) is 4. The fourth-order valence-electron chi connectivity index (χ4n) is 1.06. The molecule has 0 unspecified atom stereocenters. The second-order valence-electron chi connectivity index (χ2n) is 2.27. The van der Waals surface area contributed by atoms with Crippen LogP contribution >= 0.6 is 27.3 Å². The third kappa shape index (κ3) is 1.10. The Morgan fingerprint density at radius 3 is 3.17 bits per heavy atom. The van der Waals surface area contributed by atoms with Crippen LogP contribution in [-0.4, -0.2) is 4.98 Å². The van der Waals surface area contributed by atoms with E-state index >= 15 is 0 Å². The molecule has 3 nitrogen and oxygen atoms in total. The van der Waals surface area contributed by atoms with Gasteiger partial charge in [-0.1, -0.05) is 0 Å². The number of anilines is 1. The summed E-state index contributed by atoms with van der Waals surface area (Å²) in [5, 5.41) is 3.11. The van der Waals surface area contributed by atoms with E-state index in [9.17, 15) is 0 Å². The van der Waals surface area contributed by atoms with E-state index in [-0.39, 0.29) is 0 Å². The van der Waals surface area contributed by atoms with Crippen molar-refractivity contribution in [1.82, 2.24) is 4.98 Å². The van der Waals surface area contributed by atoms with Gasteiger partial charge >= 0.3 is 0 Å². The number of pyridine rings is 1. The first kappa shape index (κ1) is 7.97. The van der Waals surface area contributed by atoms with Crippen molar-refractivity contribution >= 4 is 43.0 Å². The zero-order chi connectivity index (χ0) is 8.55. The molecule has 2 rings (SSSR count). The number of rotatable bonds is 1. The lowest BCUT2D eigenvalue weighted by molar-refractivity contribution is 1.26. The Morgan fingerprint density at radius 2 is 2.42 bits per heavy atom. The molecule has 2 aromatic rings. The maximum absolute atomic E-state index is 5.36. The Bertz CT molecular complexity index is 412. The van der Waals surface area contributed by atoms with Gasteiger partial charge in [0.1, 0.15) is 4.60 Å². The molecule has 2 heterocycles. The van der Waals surface area contributed by atoms with E-state index in [4.69, 9.17) is 5.84 Å². The molecule has 2 aromatic heterocycles. The summed E-state index contributed by atoms with van der Waals surface area (Å²) in [5.41, 5.74) is 3.46. The van der Waals surface area contributed by atoms with Crippen LogP contribution in [0.4, 0.5) is 5.69 Å². The van der Waals surface area contributed by atoms with Gasteiger partial charge in [0.15, 0.2) is 0 Å². The monoisotopic (exact) mass is 243 g/mol. The quantitative estimate of drug-likeness (QED) is 0.460. The van der Waals surface area contributed by atoms with Crippen LogP contribution in [0.15, 0.2) is 22.2 Å². The second-order valence-corrected chi connectivity index (χ2v) is 3.97. The molecule has 0 aliphatic heterocycles. The summed E-state index contributed by atoms with van der Waals surface area (Å²) in [7, 11) is 0. The van der Waals surface area contributed by atoms with E-state index in [1.807, 2.05) is 17.6 Å². The van der Waals surface area contributed by atoms with Crippen molar-refractivity contribution in [3.05, 3.63) is 22.2 Å². The Labute approximate surface area is 81.7 Å². The molecule has 0 radical (unpaired) electrons. The highest BCUT2D eigenvalue weighted by Crippen LogP contribution is 2.31. The van der Waals surface area contributed by atoms with Crippen molar-refractivity contribution in [1.29, 1.82) is 0 Å². The van der Waals surface area contributed by atoms with Gasteiger partial charge in [0.2, 0.25) is 0 Å². The van der Waals surface area contributed by atoms with Crippen molar-refractivity contribution < 1.29 is 0 Å². The molecule has 0 saturated heterocycles. The summed E-state index contributed by atoms with van der Waals surface area (Å²) >= 11 is 4.96. The van der Waals surface area contributed by atoms with Gasteiger partial charge in [0, 0.05) is 11.6 Å². The number of nitrogen functional groups attached to an aromatic ring is 1. The van der Waals surface area contributed by atoms with Crippen LogP contribution in [0.1, 0.15) is 0 Å². The third-order valence-electron chi connectivity index (χ3n) is 1.61. The molecule has 0 aliphatic carbocycles. The van der Waals surface area contributed by atoms with Gasteiger partial charge in [-0.2, -0.15) is 0 Å². The topological polar surface area (TPSA) is 50.9 Å². The normalized spacial score (nSPS) is 10.5. The van der Waals surface area contributed by atoms with E-state index in [0.717, 1.165) is 20.4 Å². The Morgan fingerprint density at radius 1 is 1.58 bits per heavy atom. The molecule has 62 valence electrons. The van der Waals surface area contributed by atoms with Gasteiger partial charge in [0.25, 0.3) is 0 Å². The maximum atomic E-state index is 5.36. The van der Waals surface area contributed by atoms with E-state index in [1.165, 1.54) is 0 Å². The largest absolute Gasteiger partial charge is 0.321 e. The molecule has 0 aromatic carbocycles. The summed E-state index contributed by atoms with van der Waals surface area (Å²) < 4.78 is 1.88.